The molecular formula is C15H15N5O5S2. The number of carbonyl (C=O) groups is 3. The van der Waals surface area contributed by atoms with E-state index in [4.69, 9.17) is 10.6 Å². The molecule has 0 spiro atoms. The molecule has 10 nitrogen and oxygen atoms in total. The normalized spacial score (nSPS) is 24.4. The number of rotatable bonds is 6. The van der Waals surface area contributed by atoms with Crippen molar-refractivity contribution in [2.45, 2.75) is 16.7 Å². The molecule has 0 aromatic carbocycles. The molecule has 1 saturated heterocycles. The van der Waals surface area contributed by atoms with Crippen LogP contribution in [0.3, 0.4) is 0 Å². The van der Waals surface area contributed by atoms with Gasteiger partial charge in [-0.3, -0.25) is 14.5 Å². The Morgan fingerprint density at radius 2 is 2.30 bits per heavy atom. The number of nitrogens with zero attached hydrogens (tertiary/aromatic N) is 3. The first-order valence-corrected chi connectivity index (χ1v) is 9.33. The summed E-state index contributed by atoms with van der Waals surface area (Å²) < 4.78 is 0. The predicted molar refractivity (Wildman–Crippen MR) is 99.9 cm³/mol. The summed E-state index contributed by atoms with van der Waals surface area (Å²) in [5.74, 6) is -2.38. The second kappa shape index (κ2) is 7.40. The van der Waals surface area contributed by atoms with Gasteiger partial charge >= 0.3 is 5.97 Å². The molecular weight excluding hydrogens is 394 g/mol. The average molecular weight is 409 g/mol. The van der Waals surface area contributed by atoms with E-state index in [0.717, 1.165) is 16.2 Å². The van der Waals surface area contributed by atoms with Crippen LogP contribution < -0.4 is 11.1 Å². The Balaban J connectivity index is 1.80. The highest BCUT2D eigenvalue weighted by molar-refractivity contribution is 8.01. The highest BCUT2D eigenvalue weighted by Crippen LogP contribution is 2.41. The van der Waals surface area contributed by atoms with E-state index in [-0.39, 0.29) is 21.8 Å². The zero-order valence-electron chi connectivity index (χ0n) is 14.0. The number of β-lactam (4-membered cyclic amide) rings is 1. The number of thiazole rings is 1. The summed E-state index contributed by atoms with van der Waals surface area (Å²) in [4.78, 5) is 46.6. The van der Waals surface area contributed by atoms with Crippen LogP contribution in [-0.2, 0) is 19.2 Å². The first-order chi connectivity index (χ1) is 12.9. The van der Waals surface area contributed by atoms with Crippen molar-refractivity contribution in [3.8, 4) is 0 Å². The van der Waals surface area contributed by atoms with Gasteiger partial charge in [0, 0.05) is 11.4 Å². The number of hydrogen-bond acceptors (Lipinski definition) is 9. The van der Waals surface area contributed by atoms with Crippen LogP contribution in [0.1, 0.15) is 4.88 Å². The second-order valence-corrected chi connectivity index (χ2v) is 7.79. The lowest BCUT2D eigenvalue weighted by Gasteiger charge is -2.49. The number of anilines is 1. The third-order valence-electron chi connectivity index (χ3n) is 3.81. The Morgan fingerprint density at radius 3 is 2.85 bits per heavy atom. The van der Waals surface area contributed by atoms with Gasteiger partial charge < -0.3 is 21.0 Å². The zero-order chi connectivity index (χ0) is 19.7. The molecule has 142 valence electrons. The van der Waals surface area contributed by atoms with Gasteiger partial charge in [-0.15, -0.1) is 18.3 Å². The van der Waals surface area contributed by atoms with E-state index in [0.29, 0.717) is 4.88 Å². The minimum atomic E-state index is -1.22. The summed E-state index contributed by atoms with van der Waals surface area (Å²) in [6.07, 6.45) is 4.40. The first kappa shape index (κ1) is 18.9. The van der Waals surface area contributed by atoms with Gasteiger partial charge in [-0.05, 0) is 6.08 Å². The van der Waals surface area contributed by atoms with Crippen LogP contribution in [0.2, 0.25) is 0 Å². The molecule has 3 unspecified atom stereocenters. The molecule has 12 heteroatoms. The molecule has 0 radical (unpaired) electrons. The minimum Gasteiger partial charge on any atom is -0.477 e. The number of nitrogen functional groups attached to an aromatic ring is 1. The van der Waals surface area contributed by atoms with Crippen LogP contribution in [0.5, 0.6) is 0 Å². The Hall–Kier alpha value is -2.86. The number of carbonyl (C=O) groups excluding carboxylic acids is 2. The Labute approximate surface area is 161 Å². The molecule has 1 aromatic heterocycles. The first-order valence-electron chi connectivity index (χ1n) is 7.57. The van der Waals surface area contributed by atoms with E-state index in [1.165, 1.54) is 31.1 Å². The lowest BCUT2D eigenvalue weighted by molar-refractivity contribution is -0.150. The minimum absolute atomic E-state index is 0.0759. The molecule has 27 heavy (non-hydrogen) atoms. The summed E-state index contributed by atoms with van der Waals surface area (Å²) in [7, 11) is 1.28. The number of aliphatic carboxylic acids is 1. The monoisotopic (exact) mass is 409 g/mol. The molecule has 0 saturated carbocycles. The SMILES string of the molecule is C=CC1C=C(C(=O)O)N2C(=O)C(NC(=O)/C(=N/OC)c3cnc(N)s3)C2S1. The number of fused-ring (bicyclic) bond motifs is 1. The number of thioether (sulfide) groups is 1. The topological polar surface area (TPSA) is 147 Å². The lowest BCUT2D eigenvalue weighted by Crippen LogP contribution is -2.71. The number of nitrogens with two attached hydrogens (primary N) is 1. The second-order valence-electron chi connectivity index (χ2n) is 5.43. The number of oxime groups is 1. The third-order valence-corrected chi connectivity index (χ3v) is 6.05. The Morgan fingerprint density at radius 1 is 1.56 bits per heavy atom. The molecule has 2 aliphatic heterocycles. The molecule has 2 amide bonds. The number of hydrogen-bond donors (Lipinski definition) is 3. The Kier molecular flexibility index (Phi) is 5.19. The van der Waals surface area contributed by atoms with Crippen molar-refractivity contribution in [3.63, 3.8) is 0 Å². The molecule has 4 N–H and O–H groups in total. The fraction of sp³-hybridized carbons (Fsp3) is 0.267. The van der Waals surface area contributed by atoms with Gasteiger partial charge in [0.05, 0.1) is 4.88 Å². The number of aromatic nitrogens is 1. The van der Waals surface area contributed by atoms with E-state index in [2.05, 4.69) is 22.0 Å². The summed E-state index contributed by atoms with van der Waals surface area (Å²) in [5.41, 5.74) is 5.38. The van der Waals surface area contributed by atoms with E-state index < -0.39 is 29.2 Å². The maximum Gasteiger partial charge on any atom is 0.352 e. The summed E-state index contributed by atoms with van der Waals surface area (Å²) >= 11 is 2.36. The zero-order valence-corrected chi connectivity index (χ0v) is 15.6. The molecule has 3 atom stereocenters. The number of carboxylic acid groups (broad SMARTS) is 1. The van der Waals surface area contributed by atoms with Crippen molar-refractivity contribution in [1.82, 2.24) is 15.2 Å². The molecule has 0 aliphatic carbocycles. The van der Waals surface area contributed by atoms with Gasteiger partial charge in [0.15, 0.2) is 10.8 Å². The van der Waals surface area contributed by atoms with Crippen LogP contribution in [0.4, 0.5) is 5.13 Å². The van der Waals surface area contributed by atoms with Gasteiger partial charge in [-0.1, -0.05) is 22.6 Å². The molecule has 1 fully saturated rings. The van der Waals surface area contributed by atoms with Crippen molar-refractivity contribution in [2.75, 3.05) is 12.8 Å². The number of carboxylic acids is 1. The molecule has 1 aromatic rings. The molecule has 3 rings (SSSR count). The van der Waals surface area contributed by atoms with Crippen LogP contribution in [0.25, 0.3) is 0 Å². The largest absolute Gasteiger partial charge is 0.477 e. The van der Waals surface area contributed by atoms with Gasteiger partial charge in [0.25, 0.3) is 11.8 Å². The van der Waals surface area contributed by atoms with Crippen molar-refractivity contribution in [2.24, 2.45) is 5.16 Å². The highest BCUT2D eigenvalue weighted by atomic mass is 32.2. The van der Waals surface area contributed by atoms with Gasteiger partial charge in [-0.2, -0.15) is 0 Å². The van der Waals surface area contributed by atoms with Crippen LogP contribution in [0.15, 0.2) is 35.8 Å². The average Bonchev–Trinajstić information content (AvgIpc) is 3.08. The number of amides is 2. The van der Waals surface area contributed by atoms with E-state index in [9.17, 15) is 19.5 Å². The third kappa shape index (κ3) is 3.40. The van der Waals surface area contributed by atoms with Crippen molar-refractivity contribution in [1.29, 1.82) is 0 Å². The summed E-state index contributed by atoms with van der Waals surface area (Å²) in [5, 5.41) is 15.0. The van der Waals surface area contributed by atoms with E-state index >= 15 is 0 Å². The fourth-order valence-corrected chi connectivity index (χ4v) is 4.61. The Bertz CT molecular complexity index is 880. The van der Waals surface area contributed by atoms with Crippen LogP contribution >= 0.6 is 23.1 Å². The maximum atomic E-state index is 12.6. The van der Waals surface area contributed by atoms with E-state index in [1.807, 2.05) is 0 Å². The fourth-order valence-electron chi connectivity index (χ4n) is 2.62. The van der Waals surface area contributed by atoms with Gasteiger partial charge in [0.1, 0.15) is 24.2 Å². The van der Waals surface area contributed by atoms with Gasteiger partial charge in [-0.25, -0.2) is 9.78 Å². The van der Waals surface area contributed by atoms with Gasteiger partial charge in [0.2, 0.25) is 0 Å². The highest BCUT2D eigenvalue weighted by Gasteiger charge is 2.54. The van der Waals surface area contributed by atoms with Crippen molar-refractivity contribution < 1.29 is 24.3 Å². The summed E-state index contributed by atoms with van der Waals surface area (Å²) in [6.45, 7) is 3.66. The number of nitrogens with one attached hydrogen (secondary N) is 1. The standard InChI is InChI=1S/C15H15N5O5S2/c1-3-6-4-7(14(23)24)20-12(22)10(13(20)26-6)18-11(21)9(19-25-2)8-5-17-15(16)27-8/h3-6,10,13H,1H2,2H3,(H2,16,17)(H,18,21)(H,23,24)/b19-9+. The van der Waals surface area contributed by atoms with Crippen molar-refractivity contribution >= 4 is 51.7 Å². The van der Waals surface area contributed by atoms with Crippen molar-refractivity contribution in [3.05, 3.63) is 35.5 Å². The smallest absolute Gasteiger partial charge is 0.352 e. The lowest BCUT2D eigenvalue weighted by atomic mass is 10.0. The maximum absolute atomic E-state index is 12.6. The quantitative estimate of drug-likeness (QED) is 0.257. The molecule has 0 bridgehead atoms. The van der Waals surface area contributed by atoms with E-state index in [1.54, 1.807) is 6.08 Å². The molecule has 3 heterocycles. The molecule has 2 aliphatic rings. The summed E-state index contributed by atoms with van der Waals surface area (Å²) in [6, 6.07) is -0.902. The van der Waals surface area contributed by atoms with Crippen LogP contribution in [-0.4, -0.2) is 62.3 Å². The predicted octanol–water partition coefficient (Wildman–Crippen LogP) is -0.00120. The van der Waals surface area contributed by atoms with Crippen LogP contribution in [0, 0.1) is 0 Å².